The van der Waals surface area contributed by atoms with Crippen molar-refractivity contribution in [3.63, 3.8) is 0 Å². The maximum atomic E-state index is 13.0. The van der Waals surface area contributed by atoms with Crippen molar-refractivity contribution < 1.29 is 26.7 Å². The summed E-state index contributed by atoms with van der Waals surface area (Å²) in [5, 5.41) is -0.450. The van der Waals surface area contributed by atoms with E-state index in [2.05, 4.69) is 4.74 Å². The van der Waals surface area contributed by atoms with Gasteiger partial charge < -0.3 is 4.74 Å². The van der Waals surface area contributed by atoms with Crippen LogP contribution in [0.1, 0.15) is 5.56 Å². The molecule has 0 fully saturated rings. The molecule has 116 valence electrons. The predicted molar refractivity (Wildman–Crippen MR) is 69.3 cm³/mol. The van der Waals surface area contributed by atoms with E-state index in [1.54, 1.807) is 0 Å². The Hall–Kier alpha value is -0.430. The lowest BCUT2D eigenvalue weighted by atomic mass is 9.96. The first-order chi connectivity index (χ1) is 9.51. The molecule has 1 nitrogen and oxygen atoms in total. The molecule has 1 aliphatic carbocycles. The van der Waals surface area contributed by atoms with Gasteiger partial charge in [-0.2, -0.15) is 17.6 Å². The Labute approximate surface area is 135 Å². The van der Waals surface area contributed by atoms with Gasteiger partial charge in [0, 0.05) is 5.56 Å². The Balaban J connectivity index is 2.25. The van der Waals surface area contributed by atoms with Gasteiger partial charge >= 0.3 is 11.8 Å². The van der Waals surface area contributed by atoms with Crippen LogP contribution in [0.4, 0.5) is 22.0 Å². The summed E-state index contributed by atoms with van der Waals surface area (Å²) in [6.07, 6.45) is 0. The average Bonchev–Trinajstić information content (AvgIpc) is 2.41. The van der Waals surface area contributed by atoms with Crippen molar-refractivity contribution in [1.82, 2.24) is 0 Å². The van der Waals surface area contributed by atoms with Crippen molar-refractivity contribution in [1.29, 1.82) is 0 Å². The van der Waals surface area contributed by atoms with E-state index in [4.69, 9.17) is 46.4 Å². The molecule has 0 aromatic heterocycles. The van der Waals surface area contributed by atoms with Crippen LogP contribution >= 0.6 is 46.4 Å². The first kappa shape index (κ1) is 16.9. The largest absolute Gasteiger partial charge is 0.484 e. The molecule has 0 unspecified atom stereocenters. The third kappa shape index (κ3) is 2.46. The van der Waals surface area contributed by atoms with Gasteiger partial charge in [-0.15, -0.1) is 0 Å². The van der Waals surface area contributed by atoms with Crippen LogP contribution in [0.2, 0.25) is 20.1 Å². The van der Waals surface area contributed by atoms with Gasteiger partial charge in [0.2, 0.25) is 11.6 Å². The molecule has 0 atom stereocenters. The lowest BCUT2D eigenvalue weighted by molar-refractivity contribution is -0.233. The minimum atomic E-state index is -4.87. The minimum absolute atomic E-state index is 0.0117. The van der Waals surface area contributed by atoms with Gasteiger partial charge in [0.25, 0.3) is 0 Å². The van der Waals surface area contributed by atoms with Crippen molar-refractivity contribution >= 4 is 46.4 Å². The van der Waals surface area contributed by atoms with Crippen LogP contribution < -0.4 is 0 Å². The predicted octanol–water partition coefficient (Wildman–Crippen LogP) is 6.28. The molecule has 10 heteroatoms. The van der Waals surface area contributed by atoms with Crippen molar-refractivity contribution in [3.05, 3.63) is 43.3 Å². The summed E-state index contributed by atoms with van der Waals surface area (Å²) in [6.45, 7) is -0.732. The topological polar surface area (TPSA) is 9.23 Å². The van der Waals surface area contributed by atoms with Crippen LogP contribution in [0.5, 0.6) is 0 Å². The Morgan fingerprint density at radius 2 is 1.48 bits per heavy atom. The summed E-state index contributed by atoms with van der Waals surface area (Å²) in [5.41, 5.74) is -0.0117. The monoisotopic (exact) mass is 386 g/mol. The molecule has 1 aromatic rings. The van der Waals surface area contributed by atoms with Crippen LogP contribution in [0.3, 0.4) is 0 Å². The minimum Gasteiger partial charge on any atom is -0.484 e. The number of allylic oxidation sites excluding steroid dienone is 2. The maximum absolute atomic E-state index is 13.0. The van der Waals surface area contributed by atoms with Crippen molar-refractivity contribution in [2.24, 2.45) is 0 Å². The second-order valence-electron chi connectivity index (χ2n) is 4.04. The zero-order chi connectivity index (χ0) is 16.2. The first-order valence-corrected chi connectivity index (χ1v) is 6.64. The van der Waals surface area contributed by atoms with Gasteiger partial charge in [0.15, 0.2) is 0 Å². The molecule has 0 N–H and O–H groups in total. The second kappa shape index (κ2) is 5.33. The Kier molecular flexibility index (Phi) is 4.30. The molecule has 0 saturated heterocycles. The zero-order valence-corrected chi connectivity index (χ0v) is 12.6. The molecular formula is C11H3Cl4F5O. The van der Waals surface area contributed by atoms with Gasteiger partial charge in [-0.05, 0) is 6.07 Å². The summed E-state index contributed by atoms with van der Waals surface area (Å²) >= 11 is 22.9. The number of hydrogen-bond donors (Lipinski definition) is 0. The SMILES string of the molecule is FC1=C(OCc2cc(Cl)c(Cl)c(Cl)c2Cl)C(F)(F)C1(F)F. The number of ether oxygens (including phenoxy) is 1. The first-order valence-electron chi connectivity index (χ1n) is 5.12. The molecule has 0 spiro atoms. The Bertz CT molecular complexity index is 644. The molecule has 0 heterocycles. The highest BCUT2D eigenvalue weighted by Crippen LogP contribution is 2.56. The highest BCUT2D eigenvalue weighted by atomic mass is 35.5. The van der Waals surface area contributed by atoms with Gasteiger partial charge in [-0.25, -0.2) is 4.39 Å². The number of alkyl halides is 4. The van der Waals surface area contributed by atoms with Crippen LogP contribution in [-0.2, 0) is 11.3 Å². The molecule has 0 bridgehead atoms. The van der Waals surface area contributed by atoms with Gasteiger partial charge in [0.1, 0.15) is 6.61 Å². The summed E-state index contributed by atoms with van der Waals surface area (Å²) in [6, 6.07) is 1.14. The van der Waals surface area contributed by atoms with E-state index >= 15 is 0 Å². The average molecular weight is 388 g/mol. The lowest BCUT2D eigenvalue weighted by Gasteiger charge is -2.35. The fourth-order valence-corrected chi connectivity index (χ4v) is 2.43. The third-order valence-corrected chi connectivity index (χ3v) is 4.50. The van der Waals surface area contributed by atoms with Gasteiger partial charge in [0.05, 0.1) is 20.1 Å². The zero-order valence-electron chi connectivity index (χ0n) is 9.59. The molecule has 0 saturated carbocycles. The fourth-order valence-electron chi connectivity index (χ4n) is 1.53. The fraction of sp³-hybridized carbons (Fsp3) is 0.273. The van der Waals surface area contributed by atoms with Gasteiger partial charge in [-0.1, -0.05) is 46.4 Å². The second-order valence-corrected chi connectivity index (χ2v) is 5.58. The third-order valence-electron chi connectivity index (χ3n) is 2.70. The molecule has 0 radical (unpaired) electrons. The summed E-state index contributed by atoms with van der Waals surface area (Å²) < 4.78 is 68.4. The van der Waals surface area contributed by atoms with Gasteiger partial charge in [-0.3, -0.25) is 0 Å². The van der Waals surface area contributed by atoms with E-state index in [9.17, 15) is 22.0 Å². The highest BCUT2D eigenvalue weighted by molar-refractivity contribution is 6.51. The summed E-state index contributed by atoms with van der Waals surface area (Å²) in [5.74, 6) is -13.7. The van der Waals surface area contributed by atoms with Crippen molar-refractivity contribution in [2.45, 2.75) is 18.5 Å². The smallest absolute Gasteiger partial charge is 0.375 e. The van der Waals surface area contributed by atoms with E-state index in [-0.39, 0.29) is 25.7 Å². The molecular weight excluding hydrogens is 385 g/mol. The van der Waals surface area contributed by atoms with Crippen molar-refractivity contribution in [3.8, 4) is 0 Å². The normalized spacial score (nSPS) is 19.5. The summed E-state index contributed by atoms with van der Waals surface area (Å²) in [4.78, 5) is 0. The van der Waals surface area contributed by atoms with E-state index in [0.717, 1.165) is 6.07 Å². The molecule has 0 amide bonds. The Morgan fingerprint density at radius 3 is 2.00 bits per heavy atom. The highest BCUT2D eigenvalue weighted by Gasteiger charge is 2.74. The maximum Gasteiger partial charge on any atom is 0.375 e. The standard InChI is InChI=1S/C11H3Cl4F5O/c12-4-1-3(5(13)7(15)6(4)14)2-21-9-8(16)10(17,18)11(9,19)20/h1H,2H2. The molecule has 1 aliphatic rings. The van der Waals surface area contributed by atoms with E-state index in [1.165, 1.54) is 0 Å². The van der Waals surface area contributed by atoms with Crippen LogP contribution in [0, 0.1) is 0 Å². The van der Waals surface area contributed by atoms with E-state index in [0.29, 0.717) is 0 Å². The van der Waals surface area contributed by atoms with E-state index < -0.39 is 30.0 Å². The van der Waals surface area contributed by atoms with Crippen LogP contribution in [0.25, 0.3) is 0 Å². The number of benzene rings is 1. The van der Waals surface area contributed by atoms with Crippen LogP contribution in [-0.4, -0.2) is 11.8 Å². The number of rotatable bonds is 3. The summed E-state index contributed by atoms with van der Waals surface area (Å²) in [7, 11) is 0. The molecule has 2 rings (SSSR count). The number of halogens is 9. The molecule has 21 heavy (non-hydrogen) atoms. The molecule has 0 aliphatic heterocycles. The van der Waals surface area contributed by atoms with Crippen LogP contribution in [0.15, 0.2) is 17.7 Å². The number of hydrogen-bond acceptors (Lipinski definition) is 1. The quantitative estimate of drug-likeness (QED) is 0.337. The van der Waals surface area contributed by atoms with E-state index in [1.807, 2.05) is 0 Å². The lowest BCUT2D eigenvalue weighted by Crippen LogP contribution is -2.53. The van der Waals surface area contributed by atoms with Crippen molar-refractivity contribution in [2.75, 3.05) is 0 Å². The Morgan fingerprint density at radius 1 is 0.905 bits per heavy atom. The molecule has 1 aromatic carbocycles.